The molecule has 1 saturated heterocycles. The highest BCUT2D eigenvalue weighted by Gasteiger charge is 2.30. The van der Waals surface area contributed by atoms with Crippen LogP contribution < -0.4 is 4.74 Å². The number of nitrogens with zero attached hydrogens (tertiary/aromatic N) is 1. The average molecular weight is 235 g/mol. The van der Waals surface area contributed by atoms with Gasteiger partial charge >= 0.3 is 6.09 Å². The van der Waals surface area contributed by atoms with Crippen molar-refractivity contribution >= 4 is 6.09 Å². The van der Waals surface area contributed by atoms with Crippen LogP contribution in [0.1, 0.15) is 13.3 Å². The van der Waals surface area contributed by atoms with Crippen LogP contribution in [-0.4, -0.2) is 36.8 Å². The summed E-state index contributed by atoms with van der Waals surface area (Å²) < 4.78 is 10.8. The van der Waals surface area contributed by atoms with Crippen LogP contribution in [0, 0.1) is 0 Å². The molecule has 0 unspecified atom stereocenters. The Kier molecular flexibility index (Phi) is 3.85. The van der Waals surface area contributed by atoms with Gasteiger partial charge in [0.25, 0.3) is 0 Å². The van der Waals surface area contributed by atoms with Crippen molar-refractivity contribution in [3.63, 3.8) is 0 Å². The summed E-state index contributed by atoms with van der Waals surface area (Å²) in [7, 11) is 0. The second-order valence-electron chi connectivity index (χ2n) is 4.08. The fourth-order valence-corrected chi connectivity index (χ4v) is 1.82. The number of para-hydroxylation sites is 1. The zero-order valence-corrected chi connectivity index (χ0v) is 9.96. The number of carbonyl (C=O) groups excluding carboxylic acids is 1. The summed E-state index contributed by atoms with van der Waals surface area (Å²) in [6.07, 6.45) is 0.559. The minimum atomic E-state index is -0.228. The summed E-state index contributed by atoms with van der Waals surface area (Å²) in [5, 5.41) is 0. The second kappa shape index (κ2) is 5.57. The summed E-state index contributed by atoms with van der Waals surface area (Å²) in [6.45, 7) is 3.83. The first-order valence-electron chi connectivity index (χ1n) is 5.93. The van der Waals surface area contributed by atoms with Crippen molar-refractivity contribution in [2.24, 2.45) is 0 Å². The molecule has 4 nitrogen and oxygen atoms in total. The number of amides is 1. The molecule has 1 amide bonds. The molecular weight excluding hydrogens is 218 g/mol. The third-order valence-electron chi connectivity index (χ3n) is 2.62. The van der Waals surface area contributed by atoms with Crippen molar-refractivity contribution in [3.05, 3.63) is 30.3 Å². The van der Waals surface area contributed by atoms with E-state index in [1.54, 1.807) is 4.90 Å². The van der Waals surface area contributed by atoms with E-state index in [-0.39, 0.29) is 12.2 Å². The van der Waals surface area contributed by atoms with Gasteiger partial charge in [-0.05, 0) is 18.6 Å². The molecule has 1 heterocycles. The highest BCUT2D eigenvalue weighted by molar-refractivity contribution is 5.69. The molecule has 0 bridgehead atoms. The van der Waals surface area contributed by atoms with Gasteiger partial charge in [-0.15, -0.1) is 0 Å². The van der Waals surface area contributed by atoms with Crippen molar-refractivity contribution in [1.29, 1.82) is 0 Å². The molecule has 1 aliphatic heterocycles. The maximum absolute atomic E-state index is 11.4. The lowest BCUT2D eigenvalue weighted by molar-refractivity contribution is 0.103. The molecule has 0 spiro atoms. The zero-order chi connectivity index (χ0) is 12.1. The van der Waals surface area contributed by atoms with Gasteiger partial charge in [0, 0.05) is 6.54 Å². The van der Waals surface area contributed by atoms with Gasteiger partial charge in [0.2, 0.25) is 0 Å². The van der Waals surface area contributed by atoms with Crippen molar-refractivity contribution in [2.45, 2.75) is 19.4 Å². The van der Waals surface area contributed by atoms with Crippen LogP contribution in [0.5, 0.6) is 5.75 Å². The number of rotatable bonds is 5. The predicted molar refractivity (Wildman–Crippen MR) is 64.1 cm³/mol. The summed E-state index contributed by atoms with van der Waals surface area (Å²) >= 11 is 0. The van der Waals surface area contributed by atoms with E-state index >= 15 is 0 Å². The molecule has 0 aliphatic carbocycles. The highest BCUT2D eigenvalue weighted by Crippen LogP contribution is 2.14. The lowest BCUT2D eigenvalue weighted by Crippen LogP contribution is -2.27. The molecule has 0 N–H and O–H groups in total. The summed E-state index contributed by atoms with van der Waals surface area (Å²) in [5.41, 5.74) is 0. The zero-order valence-electron chi connectivity index (χ0n) is 9.96. The van der Waals surface area contributed by atoms with Crippen LogP contribution in [0.3, 0.4) is 0 Å². The monoisotopic (exact) mass is 235 g/mol. The quantitative estimate of drug-likeness (QED) is 0.786. The maximum atomic E-state index is 11.4. The molecule has 92 valence electrons. The van der Waals surface area contributed by atoms with Crippen LogP contribution in [0.15, 0.2) is 30.3 Å². The van der Waals surface area contributed by atoms with E-state index in [0.29, 0.717) is 13.2 Å². The van der Waals surface area contributed by atoms with Gasteiger partial charge in [0.15, 0.2) is 6.10 Å². The van der Waals surface area contributed by atoms with E-state index in [2.05, 4.69) is 0 Å². The molecule has 1 aromatic rings. The topological polar surface area (TPSA) is 38.8 Å². The number of hydrogen-bond donors (Lipinski definition) is 0. The molecule has 1 atom stereocenters. The van der Waals surface area contributed by atoms with Gasteiger partial charge < -0.3 is 14.4 Å². The molecule has 1 aromatic carbocycles. The third kappa shape index (κ3) is 3.12. The van der Waals surface area contributed by atoms with Gasteiger partial charge in [0.1, 0.15) is 12.4 Å². The Morgan fingerprint density at radius 1 is 1.41 bits per heavy atom. The molecule has 0 saturated carbocycles. The number of carbonyl (C=O) groups is 1. The third-order valence-corrected chi connectivity index (χ3v) is 2.62. The largest absolute Gasteiger partial charge is 0.490 e. The smallest absolute Gasteiger partial charge is 0.410 e. The second-order valence-corrected chi connectivity index (χ2v) is 4.08. The minimum absolute atomic E-state index is 0.158. The SMILES string of the molecule is CCCN1C[C@H](COc2ccccc2)OC1=O. The van der Waals surface area contributed by atoms with Gasteiger partial charge in [-0.25, -0.2) is 4.79 Å². The molecular formula is C13H17NO3. The van der Waals surface area contributed by atoms with E-state index in [4.69, 9.17) is 9.47 Å². The Balaban J connectivity index is 1.80. The van der Waals surface area contributed by atoms with E-state index in [1.165, 1.54) is 0 Å². The van der Waals surface area contributed by atoms with Gasteiger partial charge in [-0.1, -0.05) is 25.1 Å². The van der Waals surface area contributed by atoms with E-state index in [0.717, 1.165) is 18.7 Å². The first kappa shape index (κ1) is 11.8. The fraction of sp³-hybridized carbons (Fsp3) is 0.462. The van der Waals surface area contributed by atoms with E-state index in [1.807, 2.05) is 37.3 Å². The first-order valence-corrected chi connectivity index (χ1v) is 5.93. The Hall–Kier alpha value is -1.71. The van der Waals surface area contributed by atoms with E-state index < -0.39 is 0 Å². The highest BCUT2D eigenvalue weighted by atomic mass is 16.6. The normalized spacial score (nSPS) is 19.2. The molecule has 0 radical (unpaired) electrons. The van der Waals surface area contributed by atoms with Crippen molar-refractivity contribution < 1.29 is 14.3 Å². The molecule has 17 heavy (non-hydrogen) atoms. The van der Waals surface area contributed by atoms with Crippen molar-refractivity contribution in [1.82, 2.24) is 4.90 Å². The molecule has 4 heteroatoms. The molecule has 0 aromatic heterocycles. The molecule has 1 aliphatic rings. The van der Waals surface area contributed by atoms with Crippen LogP contribution in [0.25, 0.3) is 0 Å². The Morgan fingerprint density at radius 3 is 2.88 bits per heavy atom. The summed E-state index contributed by atoms with van der Waals surface area (Å²) in [5.74, 6) is 0.803. The first-order chi connectivity index (χ1) is 8.29. The summed E-state index contributed by atoms with van der Waals surface area (Å²) in [4.78, 5) is 13.2. The maximum Gasteiger partial charge on any atom is 0.410 e. The predicted octanol–water partition coefficient (Wildman–Crippen LogP) is 2.30. The van der Waals surface area contributed by atoms with Crippen molar-refractivity contribution in [3.8, 4) is 5.75 Å². The molecule has 1 fully saturated rings. The number of benzene rings is 1. The van der Waals surface area contributed by atoms with Gasteiger partial charge in [-0.2, -0.15) is 0 Å². The van der Waals surface area contributed by atoms with Crippen LogP contribution in [-0.2, 0) is 4.74 Å². The summed E-state index contributed by atoms with van der Waals surface area (Å²) in [6, 6.07) is 9.55. The molecule has 2 rings (SSSR count). The average Bonchev–Trinajstić information content (AvgIpc) is 2.70. The lowest BCUT2D eigenvalue weighted by Gasteiger charge is -2.11. The number of cyclic esters (lactones) is 1. The fourth-order valence-electron chi connectivity index (χ4n) is 1.82. The Bertz CT molecular complexity index is 366. The van der Waals surface area contributed by atoms with Gasteiger partial charge in [0.05, 0.1) is 6.54 Å². The van der Waals surface area contributed by atoms with Gasteiger partial charge in [-0.3, -0.25) is 0 Å². The minimum Gasteiger partial charge on any atom is -0.490 e. The number of ether oxygens (including phenoxy) is 2. The van der Waals surface area contributed by atoms with Crippen molar-refractivity contribution in [2.75, 3.05) is 19.7 Å². The van der Waals surface area contributed by atoms with E-state index in [9.17, 15) is 4.79 Å². The Labute approximate surface area is 101 Å². The van der Waals surface area contributed by atoms with Crippen LogP contribution in [0.4, 0.5) is 4.79 Å². The number of hydrogen-bond acceptors (Lipinski definition) is 3. The lowest BCUT2D eigenvalue weighted by atomic mass is 10.3. The van der Waals surface area contributed by atoms with Crippen LogP contribution in [0.2, 0.25) is 0 Å². The standard InChI is InChI=1S/C13H17NO3/c1-2-8-14-9-12(17-13(14)15)10-16-11-6-4-3-5-7-11/h3-7,12H,2,8-10H2,1H3/t12-/m1/s1. The Morgan fingerprint density at radius 2 is 2.18 bits per heavy atom. The van der Waals surface area contributed by atoms with Crippen LogP contribution >= 0.6 is 0 Å².